The molecular weight excluding hydrogens is 352 g/mol. The van der Waals surface area contributed by atoms with Gasteiger partial charge in [0, 0.05) is 12.7 Å². The highest BCUT2D eigenvalue weighted by molar-refractivity contribution is 6.30. The molecule has 1 atom stereocenters. The number of aliphatic imine (C=N–C) groups is 1. The highest BCUT2D eigenvalue weighted by atomic mass is 16.2. The third-order valence-corrected chi connectivity index (χ3v) is 4.54. The lowest BCUT2D eigenvalue weighted by Gasteiger charge is -2.29. The van der Waals surface area contributed by atoms with E-state index in [-0.39, 0.29) is 12.2 Å². The van der Waals surface area contributed by atoms with Crippen LogP contribution in [0.25, 0.3) is 12.2 Å². The Balaban J connectivity index is 1.70. The summed E-state index contributed by atoms with van der Waals surface area (Å²) in [5.41, 5.74) is 13.5. The maximum absolute atomic E-state index is 11.6. The van der Waals surface area contributed by atoms with E-state index in [1.807, 2.05) is 30.3 Å². The zero-order chi connectivity index (χ0) is 20.0. The highest BCUT2D eigenvalue weighted by Crippen LogP contribution is 2.17. The number of nitrogens with two attached hydrogens (primary N) is 2. The molecule has 6 heteroatoms. The second-order valence-electron chi connectivity index (χ2n) is 6.48. The molecule has 0 aliphatic carbocycles. The first-order valence-corrected chi connectivity index (χ1v) is 8.93. The van der Waals surface area contributed by atoms with Crippen LogP contribution in [-0.2, 0) is 16.0 Å². The Kier molecular flexibility index (Phi) is 5.81. The summed E-state index contributed by atoms with van der Waals surface area (Å²) in [6, 6.07) is 18.2. The van der Waals surface area contributed by atoms with Crippen molar-refractivity contribution in [3.05, 3.63) is 83.6 Å². The van der Waals surface area contributed by atoms with Gasteiger partial charge in [0.1, 0.15) is 0 Å². The van der Waals surface area contributed by atoms with Crippen LogP contribution in [0.15, 0.2) is 71.9 Å². The van der Waals surface area contributed by atoms with Gasteiger partial charge in [0.25, 0.3) is 0 Å². The monoisotopic (exact) mass is 374 g/mol. The van der Waals surface area contributed by atoms with Crippen molar-refractivity contribution >= 4 is 30.2 Å². The van der Waals surface area contributed by atoms with Gasteiger partial charge in [-0.25, -0.2) is 4.99 Å². The summed E-state index contributed by atoms with van der Waals surface area (Å²) in [5.74, 6) is -0.722. The number of hydrogen-bond acceptors (Lipinski definition) is 6. The molecule has 3 rings (SSSR count). The van der Waals surface area contributed by atoms with Gasteiger partial charge in [-0.1, -0.05) is 66.7 Å². The van der Waals surface area contributed by atoms with E-state index in [2.05, 4.69) is 41.4 Å². The van der Waals surface area contributed by atoms with Crippen molar-refractivity contribution in [2.75, 3.05) is 6.54 Å². The van der Waals surface area contributed by atoms with Gasteiger partial charge in [-0.2, -0.15) is 0 Å². The molecule has 0 radical (unpaired) electrons. The predicted molar refractivity (Wildman–Crippen MR) is 111 cm³/mol. The van der Waals surface area contributed by atoms with Gasteiger partial charge >= 0.3 is 0 Å². The molecule has 4 N–H and O–H groups in total. The molecule has 0 saturated carbocycles. The van der Waals surface area contributed by atoms with Gasteiger partial charge in [0.15, 0.2) is 17.9 Å². The van der Waals surface area contributed by atoms with E-state index in [0.717, 1.165) is 23.1 Å². The Bertz CT molecular complexity index is 950. The van der Waals surface area contributed by atoms with Crippen LogP contribution in [-0.4, -0.2) is 35.1 Å². The van der Waals surface area contributed by atoms with Crippen molar-refractivity contribution in [1.82, 2.24) is 4.90 Å². The van der Waals surface area contributed by atoms with Gasteiger partial charge < -0.3 is 10.6 Å². The van der Waals surface area contributed by atoms with Crippen molar-refractivity contribution in [1.29, 1.82) is 0 Å². The van der Waals surface area contributed by atoms with Crippen molar-refractivity contribution in [3.8, 4) is 0 Å². The molecule has 0 bridgehead atoms. The average Bonchev–Trinajstić information content (AvgIpc) is 2.72. The molecule has 2 aromatic carbocycles. The SMILES string of the molecule is NC1=NC(N)(C(=O)C=O)C=CN1CCc1ccccc1C=Cc1ccccc1. The standard InChI is InChI=1S/C22H22N4O2/c23-21-25-22(24,20(28)16-27)13-15-26(21)14-12-19-9-5-4-8-18(19)11-10-17-6-2-1-3-7-17/h1-11,13,15-16H,12,14,24H2,(H2,23,25). The summed E-state index contributed by atoms with van der Waals surface area (Å²) < 4.78 is 0. The molecule has 28 heavy (non-hydrogen) atoms. The number of guanidine groups is 1. The maximum atomic E-state index is 11.6. The van der Waals surface area contributed by atoms with Crippen molar-refractivity contribution < 1.29 is 9.59 Å². The predicted octanol–water partition coefficient (Wildman–Crippen LogP) is 1.97. The number of aldehydes is 1. The molecule has 2 aromatic rings. The molecule has 0 fully saturated rings. The van der Waals surface area contributed by atoms with Crippen LogP contribution in [0.4, 0.5) is 0 Å². The topological polar surface area (TPSA) is 102 Å². The Morgan fingerprint density at radius 2 is 1.79 bits per heavy atom. The lowest BCUT2D eigenvalue weighted by Crippen LogP contribution is -2.51. The molecule has 142 valence electrons. The molecule has 1 heterocycles. The minimum Gasteiger partial charge on any atom is -0.369 e. The second kappa shape index (κ2) is 8.45. The minimum atomic E-state index is -1.71. The lowest BCUT2D eigenvalue weighted by molar-refractivity contribution is -0.132. The molecular formula is C22H22N4O2. The van der Waals surface area contributed by atoms with Crippen molar-refractivity contribution in [2.45, 2.75) is 12.1 Å². The van der Waals surface area contributed by atoms with Crippen LogP contribution in [0.1, 0.15) is 16.7 Å². The van der Waals surface area contributed by atoms with Crippen LogP contribution < -0.4 is 11.5 Å². The third kappa shape index (κ3) is 4.42. The minimum absolute atomic E-state index is 0.109. The van der Waals surface area contributed by atoms with Crippen LogP contribution >= 0.6 is 0 Å². The average molecular weight is 374 g/mol. The number of Topliss-reactive ketones (excluding diaryl/α,β-unsaturated/α-hetero) is 1. The molecule has 1 aliphatic heterocycles. The van der Waals surface area contributed by atoms with E-state index in [9.17, 15) is 9.59 Å². The summed E-state index contributed by atoms with van der Waals surface area (Å²) in [5, 5.41) is 0. The fourth-order valence-electron chi connectivity index (χ4n) is 2.91. The van der Waals surface area contributed by atoms with Crippen molar-refractivity contribution in [3.63, 3.8) is 0 Å². The zero-order valence-corrected chi connectivity index (χ0v) is 15.4. The van der Waals surface area contributed by atoms with Gasteiger partial charge in [0.2, 0.25) is 5.78 Å². The molecule has 0 saturated heterocycles. The summed E-state index contributed by atoms with van der Waals surface area (Å²) >= 11 is 0. The van der Waals surface area contributed by atoms with E-state index in [1.54, 1.807) is 11.1 Å². The molecule has 1 unspecified atom stereocenters. The summed E-state index contributed by atoms with van der Waals surface area (Å²) in [4.78, 5) is 28.0. The number of nitrogens with zero attached hydrogens (tertiary/aromatic N) is 2. The van der Waals surface area contributed by atoms with Gasteiger partial charge in [-0.15, -0.1) is 0 Å². The van der Waals surface area contributed by atoms with Crippen LogP contribution in [0, 0.1) is 0 Å². The molecule has 0 amide bonds. The second-order valence-corrected chi connectivity index (χ2v) is 6.48. The molecule has 0 aromatic heterocycles. The molecule has 0 spiro atoms. The summed E-state index contributed by atoms with van der Waals surface area (Å²) in [7, 11) is 0. The van der Waals surface area contributed by atoms with E-state index in [0.29, 0.717) is 6.54 Å². The number of rotatable bonds is 7. The number of ketones is 1. The summed E-state index contributed by atoms with van der Waals surface area (Å²) in [6.45, 7) is 0.563. The first kappa shape index (κ1) is 19.3. The third-order valence-electron chi connectivity index (χ3n) is 4.54. The first-order chi connectivity index (χ1) is 13.5. The fraction of sp³-hybridized carbons (Fsp3) is 0.136. The number of carbonyl (C=O) groups is 2. The molecule has 6 nitrogen and oxygen atoms in total. The Labute approximate surface area is 163 Å². The zero-order valence-electron chi connectivity index (χ0n) is 15.4. The normalized spacial score (nSPS) is 18.9. The van der Waals surface area contributed by atoms with E-state index in [1.165, 1.54) is 6.08 Å². The van der Waals surface area contributed by atoms with E-state index < -0.39 is 11.4 Å². The van der Waals surface area contributed by atoms with E-state index >= 15 is 0 Å². The Morgan fingerprint density at radius 3 is 2.50 bits per heavy atom. The first-order valence-electron chi connectivity index (χ1n) is 8.93. The quantitative estimate of drug-likeness (QED) is 0.438. The van der Waals surface area contributed by atoms with Gasteiger partial charge in [0.05, 0.1) is 0 Å². The number of benzene rings is 2. The highest BCUT2D eigenvalue weighted by Gasteiger charge is 2.33. The molecule has 1 aliphatic rings. The van der Waals surface area contributed by atoms with Crippen LogP contribution in [0.5, 0.6) is 0 Å². The van der Waals surface area contributed by atoms with Crippen LogP contribution in [0.2, 0.25) is 0 Å². The summed E-state index contributed by atoms with van der Waals surface area (Å²) in [6.07, 6.45) is 8.03. The van der Waals surface area contributed by atoms with E-state index in [4.69, 9.17) is 11.5 Å². The smallest absolute Gasteiger partial charge is 0.241 e. The van der Waals surface area contributed by atoms with Gasteiger partial charge in [-0.05, 0) is 29.2 Å². The maximum Gasteiger partial charge on any atom is 0.241 e. The number of carbonyl (C=O) groups excluding carboxylic acids is 2. The Morgan fingerprint density at radius 1 is 1.07 bits per heavy atom. The number of hydrogen-bond donors (Lipinski definition) is 2. The largest absolute Gasteiger partial charge is 0.369 e. The lowest BCUT2D eigenvalue weighted by atomic mass is 10.0. The van der Waals surface area contributed by atoms with Crippen LogP contribution in [0.3, 0.4) is 0 Å². The van der Waals surface area contributed by atoms with Gasteiger partial charge in [-0.3, -0.25) is 15.3 Å². The fourth-order valence-corrected chi connectivity index (χ4v) is 2.91. The Hall–Kier alpha value is -3.51. The van der Waals surface area contributed by atoms with Crippen molar-refractivity contribution in [2.24, 2.45) is 16.5 Å².